The zero-order chi connectivity index (χ0) is 22.6. The van der Waals surface area contributed by atoms with E-state index in [2.05, 4.69) is 39.6 Å². The fourth-order valence-corrected chi connectivity index (χ4v) is 6.42. The molecule has 2 heterocycles. The van der Waals surface area contributed by atoms with Gasteiger partial charge in [-0.3, -0.25) is 9.59 Å². The molecule has 1 aliphatic rings. The second kappa shape index (κ2) is 9.93. The van der Waals surface area contributed by atoms with Crippen LogP contribution in [0.15, 0.2) is 65.5 Å². The van der Waals surface area contributed by atoms with Crippen LogP contribution in [0.4, 0.5) is 0 Å². The minimum atomic E-state index is -0.0481. The van der Waals surface area contributed by atoms with Crippen molar-refractivity contribution in [1.29, 1.82) is 0 Å². The van der Waals surface area contributed by atoms with E-state index in [4.69, 9.17) is 0 Å². The number of nitrogens with one attached hydrogen (secondary N) is 2. The van der Waals surface area contributed by atoms with Gasteiger partial charge in [0.15, 0.2) is 0 Å². The van der Waals surface area contributed by atoms with Gasteiger partial charge in [0.1, 0.15) is 10.7 Å². The number of carbonyl (C=O) groups is 1. The lowest BCUT2D eigenvalue weighted by molar-refractivity contribution is -0.118. The zero-order valence-electron chi connectivity index (χ0n) is 18.2. The van der Waals surface area contributed by atoms with Crippen LogP contribution in [0, 0.1) is 0 Å². The number of aryl methyl sites for hydroxylation is 2. The number of thioether (sulfide) groups is 1. The van der Waals surface area contributed by atoms with Crippen LogP contribution in [0.5, 0.6) is 0 Å². The molecule has 0 bridgehead atoms. The lowest BCUT2D eigenvalue weighted by Crippen LogP contribution is -2.30. The van der Waals surface area contributed by atoms with Crippen molar-refractivity contribution in [2.75, 3.05) is 12.3 Å². The summed E-state index contributed by atoms with van der Waals surface area (Å²) in [4.78, 5) is 34.9. The third kappa shape index (κ3) is 4.89. The Kier molecular flexibility index (Phi) is 6.60. The number of carbonyl (C=O) groups excluding carboxylic acids is 1. The smallest absolute Gasteiger partial charge is 0.259 e. The Bertz CT molecular complexity index is 1280. The number of hydrogen-bond acceptors (Lipinski definition) is 5. The van der Waals surface area contributed by atoms with Crippen LogP contribution >= 0.6 is 23.1 Å². The van der Waals surface area contributed by atoms with Gasteiger partial charge >= 0.3 is 0 Å². The molecule has 0 saturated carbocycles. The maximum atomic E-state index is 12.6. The van der Waals surface area contributed by atoms with E-state index in [0.717, 1.165) is 29.5 Å². The Hall–Kier alpha value is -2.90. The molecule has 0 radical (unpaired) electrons. The van der Waals surface area contributed by atoms with Gasteiger partial charge in [0.05, 0.1) is 16.9 Å². The third-order valence-corrected chi connectivity index (χ3v) is 8.13. The average Bonchev–Trinajstić information content (AvgIpc) is 3.42. The molecule has 0 unspecified atom stereocenters. The highest BCUT2D eigenvalue weighted by atomic mass is 32.2. The maximum absolute atomic E-state index is 12.6. The van der Waals surface area contributed by atoms with Crippen LogP contribution in [0.3, 0.4) is 0 Å². The number of rotatable bonds is 8. The molecule has 33 heavy (non-hydrogen) atoms. The summed E-state index contributed by atoms with van der Waals surface area (Å²) in [5.74, 6) is 1.54. The number of H-pyrrole nitrogens is 1. The van der Waals surface area contributed by atoms with Crippen molar-refractivity contribution in [3.63, 3.8) is 0 Å². The van der Waals surface area contributed by atoms with Gasteiger partial charge in [-0.05, 0) is 36.0 Å². The number of hydrogen-bond donors (Lipinski definition) is 2. The molecule has 0 saturated heterocycles. The number of aromatic amines is 1. The van der Waals surface area contributed by atoms with E-state index in [1.807, 2.05) is 36.4 Å². The maximum Gasteiger partial charge on any atom is 0.259 e. The Morgan fingerprint density at radius 2 is 1.76 bits per heavy atom. The molecule has 0 fully saturated rings. The zero-order valence-corrected chi connectivity index (χ0v) is 19.8. The van der Waals surface area contributed by atoms with Crippen molar-refractivity contribution in [2.45, 2.75) is 30.9 Å². The molecule has 1 aliphatic carbocycles. The Labute approximate surface area is 200 Å². The highest BCUT2D eigenvalue weighted by molar-refractivity contribution is 7.99. The van der Waals surface area contributed by atoms with Gasteiger partial charge in [-0.1, -0.05) is 60.7 Å². The first kappa shape index (κ1) is 21.9. The van der Waals surface area contributed by atoms with E-state index in [0.29, 0.717) is 23.9 Å². The standard InChI is InChI=1S/C26H25N3O2S2/c30-23(27-14-20(17-8-3-1-4-9-17)18-10-5-2-6-11-18)16-32-15-22-28-25(31)24-19-12-7-13-21(19)33-26(24)29-22/h1-6,8-11,20H,7,12-16H2,(H,27,30)(H,28,29,31). The first-order valence-corrected chi connectivity index (χ1v) is 13.1. The summed E-state index contributed by atoms with van der Waals surface area (Å²) in [5, 5.41) is 3.85. The normalized spacial score (nSPS) is 12.9. The molecule has 1 amide bonds. The van der Waals surface area contributed by atoms with E-state index in [9.17, 15) is 9.59 Å². The van der Waals surface area contributed by atoms with Crippen molar-refractivity contribution < 1.29 is 4.79 Å². The summed E-state index contributed by atoms with van der Waals surface area (Å²) in [7, 11) is 0. The first-order chi connectivity index (χ1) is 16.2. The Morgan fingerprint density at radius 1 is 1.06 bits per heavy atom. The molecule has 7 heteroatoms. The Balaban J connectivity index is 1.19. The van der Waals surface area contributed by atoms with Gasteiger partial charge in [0.2, 0.25) is 5.91 Å². The molecule has 0 spiro atoms. The lowest BCUT2D eigenvalue weighted by Gasteiger charge is -2.18. The van der Waals surface area contributed by atoms with Gasteiger partial charge in [0.25, 0.3) is 5.56 Å². The van der Waals surface area contributed by atoms with Gasteiger partial charge < -0.3 is 10.3 Å². The largest absolute Gasteiger partial charge is 0.354 e. The number of benzene rings is 2. The Morgan fingerprint density at radius 3 is 2.45 bits per heavy atom. The summed E-state index contributed by atoms with van der Waals surface area (Å²) < 4.78 is 0. The average molecular weight is 476 g/mol. The summed E-state index contributed by atoms with van der Waals surface area (Å²) in [6, 6.07) is 20.5. The molecule has 5 nitrogen and oxygen atoms in total. The number of amides is 1. The predicted molar refractivity (Wildman–Crippen MR) is 136 cm³/mol. The molecule has 2 aromatic heterocycles. The van der Waals surface area contributed by atoms with Crippen LogP contribution in [0.2, 0.25) is 0 Å². The van der Waals surface area contributed by atoms with Crippen LogP contribution in [-0.2, 0) is 23.4 Å². The monoisotopic (exact) mass is 475 g/mol. The second-order valence-electron chi connectivity index (χ2n) is 8.22. The summed E-state index contributed by atoms with van der Waals surface area (Å²) >= 11 is 3.11. The van der Waals surface area contributed by atoms with E-state index in [1.165, 1.54) is 33.3 Å². The van der Waals surface area contributed by atoms with E-state index < -0.39 is 0 Å². The molecule has 5 rings (SSSR count). The third-order valence-electron chi connectivity index (χ3n) is 6.00. The minimum absolute atomic E-state index is 0.0182. The molecule has 168 valence electrons. The molecule has 0 atom stereocenters. The predicted octanol–water partition coefficient (Wildman–Crippen LogP) is 4.65. The summed E-state index contributed by atoms with van der Waals surface area (Å²) in [6.07, 6.45) is 3.15. The van der Waals surface area contributed by atoms with Gasteiger partial charge in [0, 0.05) is 17.3 Å². The molecule has 0 aliphatic heterocycles. The molecule has 2 N–H and O–H groups in total. The van der Waals surface area contributed by atoms with Crippen LogP contribution in [-0.4, -0.2) is 28.2 Å². The van der Waals surface area contributed by atoms with E-state index in [-0.39, 0.29) is 17.4 Å². The molecule has 4 aromatic rings. The van der Waals surface area contributed by atoms with Gasteiger partial charge in [-0.25, -0.2) is 4.98 Å². The van der Waals surface area contributed by atoms with Gasteiger partial charge in [-0.2, -0.15) is 0 Å². The fraction of sp³-hybridized carbons (Fsp3) is 0.269. The lowest BCUT2D eigenvalue weighted by atomic mass is 9.91. The second-order valence-corrected chi connectivity index (χ2v) is 10.3. The first-order valence-electron chi connectivity index (χ1n) is 11.2. The van der Waals surface area contributed by atoms with Crippen molar-refractivity contribution in [3.8, 4) is 0 Å². The fourth-order valence-electron chi connectivity index (χ4n) is 4.42. The highest BCUT2D eigenvalue weighted by Crippen LogP contribution is 2.34. The SMILES string of the molecule is O=C(CSCc1nc2sc3c(c2c(=O)[nH]1)CCC3)NCC(c1ccccc1)c1ccccc1. The van der Waals surface area contributed by atoms with Crippen LogP contribution < -0.4 is 10.9 Å². The summed E-state index contributed by atoms with van der Waals surface area (Å²) in [5.41, 5.74) is 3.49. The molecule has 2 aromatic carbocycles. The minimum Gasteiger partial charge on any atom is -0.354 e. The van der Waals surface area contributed by atoms with E-state index in [1.54, 1.807) is 11.3 Å². The van der Waals surface area contributed by atoms with Gasteiger partial charge in [-0.15, -0.1) is 23.1 Å². The summed E-state index contributed by atoms with van der Waals surface area (Å²) in [6.45, 7) is 0.537. The van der Waals surface area contributed by atoms with Crippen LogP contribution in [0.1, 0.15) is 39.7 Å². The molecular weight excluding hydrogens is 450 g/mol. The van der Waals surface area contributed by atoms with Crippen LogP contribution in [0.25, 0.3) is 10.2 Å². The van der Waals surface area contributed by atoms with Crippen molar-refractivity contribution in [2.24, 2.45) is 0 Å². The topological polar surface area (TPSA) is 74.8 Å². The van der Waals surface area contributed by atoms with Crippen molar-refractivity contribution in [3.05, 3.63) is 98.4 Å². The number of aromatic nitrogens is 2. The van der Waals surface area contributed by atoms with Crippen molar-refractivity contribution >= 4 is 39.2 Å². The number of fused-ring (bicyclic) bond motifs is 3. The quantitative estimate of drug-likeness (QED) is 0.389. The number of nitrogens with zero attached hydrogens (tertiary/aromatic N) is 1. The molecular formula is C26H25N3O2S2. The highest BCUT2D eigenvalue weighted by Gasteiger charge is 2.21. The van der Waals surface area contributed by atoms with E-state index >= 15 is 0 Å². The van der Waals surface area contributed by atoms with Crippen molar-refractivity contribution in [1.82, 2.24) is 15.3 Å². The number of thiophene rings is 1.